The van der Waals surface area contributed by atoms with Crippen molar-refractivity contribution < 1.29 is 8.78 Å². The van der Waals surface area contributed by atoms with Crippen LogP contribution in [0.25, 0.3) is 0 Å². The summed E-state index contributed by atoms with van der Waals surface area (Å²) in [5.41, 5.74) is 1.70. The zero-order chi connectivity index (χ0) is 11.4. The fourth-order valence-electron chi connectivity index (χ4n) is 1.25. The van der Waals surface area contributed by atoms with Crippen molar-refractivity contribution in [1.29, 1.82) is 0 Å². The van der Waals surface area contributed by atoms with Crippen LogP contribution in [0.2, 0.25) is 0 Å². The van der Waals surface area contributed by atoms with Crippen molar-refractivity contribution in [2.45, 2.75) is 12.3 Å². The first-order valence-electron chi connectivity index (χ1n) is 4.38. The molecule has 0 aliphatic rings. The Hall–Kier alpha value is -0.350. The van der Waals surface area contributed by atoms with Crippen LogP contribution >= 0.6 is 27.5 Å². The Morgan fingerprint density at radius 1 is 1.47 bits per heavy atom. The van der Waals surface area contributed by atoms with E-state index in [2.05, 4.69) is 15.9 Å². The largest absolute Gasteiger partial charge is 0.368 e. The van der Waals surface area contributed by atoms with E-state index < -0.39 is 6.43 Å². The molecule has 0 aliphatic carbocycles. The maximum Gasteiger partial charge on any atom is 0.255 e. The van der Waals surface area contributed by atoms with E-state index in [0.29, 0.717) is 5.88 Å². The second-order valence-corrected chi connectivity index (χ2v) is 4.31. The first-order chi connectivity index (χ1) is 7.04. The van der Waals surface area contributed by atoms with Crippen LogP contribution in [0.4, 0.5) is 14.5 Å². The minimum Gasteiger partial charge on any atom is -0.368 e. The standard InChI is InChI=1S/C10H11BrClF2N/c1-15(6-10(13)14)9-3-2-7(5-12)4-8(9)11/h2-4,10H,5-6H2,1H3. The lowest BCUT2D eigenvalue weighted by Crippen LogP contribution is -2.24. The van der Waals surface area contributed by atoms with Crippen molar-refractivity contribution in [2.75, 3.05) is 18.5 Å². The van der Waals surface area contributed by atoms with Crippen LogP contribution < -0.4 is 4.90 Å². The molecule has 0 aliphatic heterocycles. The number of hydrogen-bond acceptors (Lipinski definition) is 1. The summed E-state index contributed by atoms with van der Waals surface area (Å²) in [5.74, 6) is 0.414. The first-order valence-corrected chi connectivity index (χ1v) is 5.71. The van der Waals surface area contributed by atoms with Gasteiger partial charge in [-0.25, -0.2) is 8.78 Å². The number of anilines is 1. The van der Waals surface area contributed by atoms with Crippen molar-refractivity contribution in [3.05, 3.63) is 28.2 Å². The molecule has 1 rings (SSSR count). The van der Waals surface area contributed by atoms with Crippen LogP contribution in [0.3, 0.4) is 0 Å². The van der Waals surface area contributed by atoms with Gasteiger partial charge in [0.2, 0.25) is 0 Å². The Labute approximate surface area is 101 Å². The van der Waals surface area contributed by atoms with Gasteiger partial charge in [-0.15, -0.1) is 11.6 Å². The van der Waals surface area contributed by atoms with Gasteiger partial charge in [0.15, 0.2) is 0 Å². The fourth-order valence-corrected chi connectivity index (χ4v) is 2.14. The molecule has 0 amide bonds. The van der Waals surface area contributed by atoms with Crippen LogP contribution in [0.5, 0.6) is 0 Å². The van der Waals surface area contributed by atoms with Gasteiger partial charge in [-0.1, -0.05) is 6.07 Å². The summed E-state index contributed by atoms with van der Waals surface area (Å²) in [5, 5.41) is 0. The summed E-state index contributed by atoms with van der Waals surface area (Å²) in [6.45, 7) is -0.279. The van der Waals surface area contributed by atoms with E-state index in [1.165, 1.54) is 4.90 Å². The van der Waals surface area contributed by atoms with Gasteiger partial charge < -0.3 is 4.90 Å². The van der Waals surface area contributed by atoms with Gasteiger partial charge in [-0.3, -0.25) is 0 Å². The SMILES string of the molecule is CN(CC(F)F)c1ccc(CCl)cc1Br. The maximum absolute atomic E-state index is 12.2. The van der Waals surface area contributed by atoms with E-state index in [0.717, 1.165) is 15.7 Å². The number of halogens is 4. The third-order valence-corrected chi connectivity index (χ3v) is 2.93. The molecular formula is C10H11BrClF2N. The first kappa shape index (κ1) is 12.7. The highest BCUT2D eigenvalue weighted by atomic mass is 79.9. The minimum atomic E-state index is -2.34. The van der Waals surface area contributed by atoms with Crippen molar-refractivity contribution in [2.24, 2.45) is 0 Å². The third kappa shape index (κ3) is 3.61. The Bertz CT molecular complexity index is 333. The Kier molecular flexibility index (Phi) is 4.80. The van der Waals surface area contributed by atoms with E-state index in [4.69, 9.17) is 11.6 Å². The Morgan fingerprint density at radius 3 is 2.60 bits per heavy atom. The van der Waals surface area contributed by atoms with E-state index >= 15 is 0 Å². The molecule has 0 heterocycles. The lowest BCUT2D eigenvalue weighted by atomic mass is 10.2. The van der Waals surface area contributed by atoms with Gasteiger partial charge in [0.1, 0.15) is 0 Å². The maximum atomic E-state index is 12.2. The molecule has 84 valence electrons. The summed E-state index contributed by atoms with van der Waals surface area (Å²) >= 11 is 8.99. The molecule has 0 unspecified atom stereocenters. The zero-order valence-electron chi connectivity index (χ0n) is 8.18. The van der Waals surface area contributed by atoms with Crippen LogP contribution in [-0.4, -0.2) is 20.0 Å². The molecule has 0 fully saturated rings. The summed E-state index contributed by atoms with van der Waals surface area (Å²) in [6.07, 6.45) is -2.34. The van der Waals surface area contributed by atoms with Gasteiger partial charge in [-0.05, 0) is 33.6 Å². The number of nitrogens with zero attached hydrogens (tertiary/aromatic N) is 1. The number of alkyl halides is 3. The second-order valence-electron chi connectivity index (χ2n) is 3.19. The molecule has 0 radical (unpaired) electrons. The third-order valence-electron chi connectivity index (χ3n) is 1.99. The second kappa shape index (κ2) is 5.66. The predicted octanol–water partition coefficient (Wildman–Crippen LogP) is 3.89. The molecular weight excluding hydrogens is 287 g/mol. The molecule has 0 atom stereocenters. The molecule has 1 nitrogen and oxygen atoms in total. The van der Waals surface area contributed by atoms with E-state index in [1.807, 2.05) is 12.1 Å². The lowest BCUT2D eigenvalue weighted by Gasteiger charge is -2.20. The Morgan fingerprint density at radius 2 is 2.13 bits per heavy atom. The molecule has 0 spiro atoms. The quantitative estimate of drug-likeness (QED) is 0.762. The van der Waals surface area contributed by atoms with E-state index in [1.54, 1.807) is 13.1 Å². The van der Waals surface area contributed by atoms with Crippen LogP contribution in [-0.2, 0) is 5.88 Å². The number of rotatable bonds is 4. The van der Waals surface area contributed by atoms with E-state index in [9.17, 15) is 8.78 Å². The van der Waals surface area contributed by atoms with Crippen molar-refractivity contribution >= 4 is 33.2 Å². The molecule has 0 aromatic heterocycles. The molecule has 0 saturated carbocycles. The number of hydrogen-bond donors (Lipinski definition) is 0. The van der Waals surface area contributed by atoms with Crippen LogP contribution in [0.1, 0.15) is 5.56 Å². The topological polar surface area (TPSA) is 3.24 Å². The minimum absolute atomic E-state index is 0.279. The predicted molar refractivity (Wildman–Crippen MR) is 63.0 cm³/mol. The zero-order valence-corrected chi connectivity index (χ0v) is 10.5. The highest BCUT2D eigenvalue weighted by molar-refractivity contribution is 9.10. The molecule has 0 N–H and O–H groups in total. The summed E-state index contributed by atoms with van der Waals surface area (Å²) in [7, 11) is 1.63. The van der Waals surface area contributed by atoms with Crippen molar-refractivity contribution in [3.8, 4) is 0 Å². The van der Waals surface area contributed by atoms with Crippen molar-refractivity contribution in [1.82, 2.24) is 0 Å². The highest BCUT2D eigenvalue weighted by Crippen LogP contribution is 2.27. The average molecular weight is 299 g/mol. The normalized spacial score (nSPS) is 10.8. The molecule has 1 aromatic rings. The highest BCUT2D eigenvalue weighted by Gasteiger charge is 2.11. The molecule has 0 saturated heterocycles. The van der Waals surface area contributed by atoms with Gasteiger partial charge in [-0.2, -0.15) is 0 Å². The van der Waals surface area contributed by atoms with Crippen molar-refractivity contribution in [3.63, 3.8) is 0 Å². The smallest absolute Gasteiger partial charge is 0.255 e. The summed E-state index contributed by atoms with van der Waals surface area (Å²) in [6, 6.07) is 5.45. The van der Waals surface area contributed by atoms with E-state index in [-0.39, 0.29) is 6.54 Å². The molecule has 5 heteroatoms. The van der Waals surface area contributed by atoms with Gasteiger partial charge in [0.05, 0.1) is 12.2 Å². The van der Waals surface area contributed by atoms with Gasteiger partial charge in [0, 0.05) is 17.4 Å². The average Bonchev–Trinajstić information content (AvgIpc) is 2.16. The van der Waals surface area contributed by atoms with Crippen LogP contribution in [0, 0.1) is 0 Å². The summed E-state index contributed by atoms with van der Waals surface area (Å²) < 4.78 is 25.1. The molecule has 15 heavy (non-hydrogen) atoms. The van der Waals surface area contributed by atoms with Crippen LogP contribution in [0.15, 0.2) is 22.7 Å². The number of benzene rings is 1. The van der Waals surface area contributed by atoms with Gasteiger partial charge >= 0.3 is 0 Å². The lowest BCUT2D eigenvalue weighted by molar-refractivity contribution is 0.156. The molecule has 0 bridgehead atoms. The Balaban J connectivity index is 2.85. The van der Waals surface area contributed by atoms with Gasteiger partial charge in [0.25, 0.3) is 6.43 Å². The summed E-state index contributed by atoms with van der Waals surface area (Å²) in [4.78, 5) is 1.51. The monoisotopic (exact) mass is 297 g/mol. The fraction of sp³-hybridized carbons (Fsp3) is 0.400. The molecule has 1 aromatic carbocycles.